The first-order valence-electron chi connectivity index (χ1n) is 4.18. The quantitative estimate of drug-likeness (QED) is 0.559. The van der Waals surface area contributed by atoms with E-state index in [0.29, 0.717) is 0 Å². The molecule has 0 heterocycles. The van der Waals surface area contributed by atoms with E-state index in [1.165, 1.54) is 25.8 Å². The molecular weight excluding hydrogens is 146 g/mol. The highest BCUT2D eigenvalue weighted by Crippen LogP contribution is 2.26. The van der Waals surface area contributed by atoms with Gasteiger partial charge in [-0.2, -0.15) is 0 Å². The molecule has 0 radical (unpaired) electrons. The van der Waals surface area contributed by atoms with Crippen molar-refractivity contribution in [2.45, 2.75) is 32.2 Å². The first-order valence-corrected chi connectivity index (χ1v) is 4.72. The van der Waals surface area contributed by atoms with Gasteiger partial charge in [-0.05, 0) is 25.8 Å². The lowest BCUT2D eigenvalue weighted by Crippen LogP contribution is -2.28. The molecule has 0 atom stereocenters. The van der Waals surface area contributed by atoms with Gasteiger partial charge in [0.2, 0.25) is 0 Å². The summed E-state index contributed by atoms with van der Waals surface area (Å²) in [4.78, 5) is 2.51. The molecule has 1 nitrogen and oxygen atoms in total. The zero-order chi connectivity index (χ0) is 7.40. The van der Waals surface area contributed by atoms with Gasteiger partial charge >= 0.3 is 0 Å². The molecule has 0 aromatic rings. The number of halogens is 1. The zero-order valence-corrected chi connectivity index (χ0v) is 7.40. The summed E-state index contributed by atoms with van der Waals surface area (Å²) in [7, 11) is 0. The number of hydrogen-bond donors (Lipinski definition) is 0. The third-order valence-corrected chi connectivity index (χ3v) is 2.11. The lowest BCUT2D eigenvalue weighted by Gasteiger charge is -2.19. The Balaban J connectivity index is 2.13. The number of nitrogens with zero attached hydrogens (tertiary/aromatic N) is 1. The molecule has 60 valence electrons. The average Bonchev–Trinajstić information content (AvgIpc) is 2.69. The van der Waals surface area contributed by atoms with Gasteiger partial charge in [0.1, 0.15) is 0 Å². The van der Waals surface area contributed by atoms with Crippen LogP contribution in [0.25, 0.3) is 0 Å². The van der Waals surface area contributed by atoms with E-state index < -0.39 is 0 Å². The van der Waals surface area contributed by atoms with Crippen molar-refractivity contribution in [1.82, 2.24) is 4.90 Å². The van der Waals surface area contributed by atoms with Crippen LogP contribution >= 0.6 is 11.6 Å². The van der Waals surface area contributed by atoms with Crippen LogP contribution in [0.15, 0.2) is 0 Å². The van der Waals surface area contributed by atoms with E-state index >= 15 is 0 Å². The van der Waals surface area contributed by atoms with Crippen molar-refractivity contribution >= 4 is 11.6 Å². The molecule has 2 heteroatoms. The molecule has 1 aliphatic carbocycles. The molecule has 0 amide bonds. The fraction of sp³-hybridized carbons (Fsp3) is 1.00. The Morgan fingerprint density at radius 1 is 1.40 bits per heavy atom. The van der Waals surface area contributed by atoms with Gasteiger partial charge in [0.05, 0.1) is 0 Å². The molecule has 0 saturated heterocycles. The summed E-state index contributed by atoms with van der Waals surface area (Å²) in [5.41, 5.74) is 0. The van der Waals surface area contributed by atoms with Gasteiger partial charge in [-0.1, -0.05) is 6.92 Å². The smallest absolute Gasteiger partial charge is 0.0351 e. The van der Waals surface area contributed by atoms with E-state index in [4.69, 9.17) is 11.6 Å². The van der Waals surface area contributed by atoms with Crippen LogP contribution in [0.4, 0.5) is 0 Å². The average molecular weight is 162 g/mol. The van der Waals surface area contributed by atoms with Crippen molar-refractivity contribution in [2.75, 3.05) is 19.0 Å². The highest BCUT2D eigenvalue weighted by molar-refractivity contribution is 6.18. The second-order valence-electron chi connectivity index (χ2n) is 2.96. The van der Waals surface area contributed by atoms with E-state index in [9.17, 15) is 0 Å². The molecule has 0 bridgehead atoms. The predicted molar refractivity (Wildman–Crippen MR) is 45.6 cm³/mol. The van der Waals surface area contributed by atoms with Crippen molar-refractivity contribution in [1.29, 1.82) is 0 Å². The van der Waals surface area contributed by atoms with Gasteiger partial charge in [-0.3, -0.25) is 4.90 Å². The molecule has 1 saturated carbocycles. The van der Waals surface area contributed by atoms with Gasteiger partial charge in [-0.25, -0.2) is 0 Å². The standard InChI is InChI=1S/C8H16ClN/c1-2-6-10(7-5-9)8-3-4-8/h8H,2-7H2,1H3. The first-order chi connectivity index (χ1) is 4.88. The number of hydrogen-bond acceptors (Lipinski definition) is 1. The number of rotatable bonds is 5. The van der Waals surface area contributed by atoms with Gasteiger partial charge in [0.15, 0.2) is 0 Å². The van der Waals surface area contributed by atoms with Crippen LogP contribution in [0, 0.1) is 0 Å². The molecule has 1 fully saturated rings. The van der Waals surface area contributed by atoms with Crippen LogP contribution in [0.1, 0.15) is 26.2 Å². The predicted octanol–water partition coefficient (Wildman–Crippen LogP) is 2.10. The fourth-order valence-electron chi connectivity index (χ4n) is 1.31. The van der Waals surface area contributed by atoms with E-state index in [1.54, 1.807) is 0 Å². The maximum atomic E-state index is 5.66. The summed E-state index contributed by atoms with van der Waals surface area (Å²) in [5, 5.41) is 0. The third-order valence-electron chi connectivity index (χ3n) is 1.95. The van der Waals surface area contributed by atoms with Crippen LogP contribution in [0.5, 0.6) is 0 Å². The molecule has 10 heavy (non-hydrogen) atoms. The second-order valence-corrected chi connectivity index (χ2v) is 3.33. The Morgan fingerprint density at radius 2 is 2.10 bits per heavy atom. The summed E-state index contributed by atoms with van der Waals surface area (Å²) >= 11 is 5.66. The van der Waals surface area contributed by atoms with Gasteiger partial charge < -0.3 is 0 Å². The molecule has 0 spiro atoms. The summed E-state index contributed by atoms with van der Waals surface area (Å²) in [6.45, 7) is 4.54. The molecule has 0 unspecified atom stereocenters. The van der Waals surface area contributed by atoms with E-state index in [-0.39, 0.29) is 0 Å². The van der Waals surface area contributed by atoms with Crippen molar-refractivity contribution in [3.63, 3.8) is 0 Å². The Bertz CT molecular complexity index is 85.3. The summed E-state index contributed by atoms with van der Waals surface area (Å²) in [6, 6.07) is 0.888. The summed E-state index contributed by atoms with van der Waals surface area (Å²) in [6.07, 6.45) is 4.06. The molecule has 0 N–H and O–H groups in total. The van der Waals surface area contributed by atoms with Crippen LogP contribution in [-0.4, -0.2) is 29.9 Å². The highest BCUT2D eigenvalue weighted by atomic mass is 35.5. The fourth-order valence-corrected chi connectivity index (χ4v) is 1.53. The van der Waals surface area contributed by atoms with Crippen molar-refractivity contribution in [2.24, 2.45) is 0 Å². The number of alkyl halides is 1. The SMILES string of the molecule is CCCN(CCCl)C1CC1. The van der Waals surface area contributed by atoms with Crippen LogP contribution in [0.2, 0.25) is 0 Å². The topological polar surface area (TPSA) is 3.24 Å². The lowest BCUT2D eigenvalue weighted by molar-refractivity contribution is 0.280. The summed E-state index contributed by atoms with van der Waals surface area (Å²) < 4.78 is 0. The Morgan fingerprint density at radius 3 is 2.50 bits per heavy atom. The van der Waals surface area contributed by atoms with Crippen molar-refractivity contribution < 1.29 is 0 Å². The third kappa shape index (κ3) is 2.47. The molecule has 1 aliphatic rings. The Labute approximate surface area is 68.4 Å². The van der Waals surface area contributed by atoms with Crippen LogP contribution in [-0.2, 0) is 0 Å². The van der Waals surface area contributed by atoms with Crippen LogP contribution in [0.3, 0.4) is 0 Å². The molecule has 0 aromatic heterocycles. The highest BCUT2D eigenvalue weighted by Gasteiger charge is 2.27. The molecule has 0 aliphatic heterocycles. The van der Waals surface area contributed by atoms with Crippen molar-refractivity contribution in [3.05, 3.63) is 0 Å². The van der Waals surface area contributed by atoms with E-state index in [2.05, 4.69) is 11.8 Å². The molecule has 1 rings (SSSR count). The minimum atomic E-state index is 0.788. The van der Waals surface area contributed by atoms with Gasteiger partial charge in [-0.15, -0.1) is 11.6 Å². The minimum absolute atomic E-state index is 0.788. The molecular formula is C8H16ClN. The van der Waals surface area contributed by atoms with E-state index in [1.807, 2.05) is 0 Å². The van der Waals surface area contributed by atoms with E-state index in [0.717, 1.165) is 18.5 Å². The first kappa shape index (κ1) is 8.35. The van der Waals surface area contributed by atoms with Gasteiger partial charge in [0.25, 0.3) is 0 Å². The maximum absolute atomic E-state index is 5.66. The summed E-state index contributed by atoms with van der Waals surface area (Å²) in [5.74, 6) is 0.788. The lowest BCUT2D eigenvalue weighted by atomic mass is 10.4. The van der Waals surface area contributed by atoms with Gasteiger partial charge in [0, 0.05) is 18.5 Å². The minimum Gasteiger partial charge on any atom is -0.299 e. The zero-order valence-electron chi connectivity index (χ0n) is 6.65. The Hall–Kier alpha value is 0.250. The largest absolute Gasteiger partial charge is 0.299 e. The van der Waals surface area contributed by atoms with Crippen LogP contribution < -0.4 is 0 Å². The monoisotopic (exact) mass is 161 g/mol. The maximum Gasteiger partial charge on any atom is 0.0351 e. The van der Waals surface area contributed by atoms with Crippen molar-refractivity contribution in [3.8, 4) is 0 Å². The molecule has 0 aromatic carbocycles. The second kappa shape index (κ2) is 4.20. The Kier molecular flexibility index (Phi) is 3.50. The normalized spacial score (nSPS) is 18.3.